The SMILES string of the molecule is NCC1CC2(CO1)CN(Cc1cccc3c1C(=O)N(C1CCC(=O)NC1=O)C3)C2. The van der Waals surface area contributed by atoms with Gasteiger partial charge in [0.05, 0.1) is 12.7 Å². The van der Waals surface area contributed by atoms with Gasteiger partial charge in [0.25, 0.3) is 5.91 Å². The van der Waals surface area contributed by atoms with Gasteiger partial charge in [0.15, 0.2) is 0 Å². The van der Waals surface area contributed by atoms with Crippen LogP contribution in [0.15, 0.2) is 18.2 Å². The predicted molar refractivity (Wildman–Crippen MR) is 104 cm³/mol. The van der Waals surface area contributed by atoms with E-state index in [1.807, 2.05) is 18.2 Å². The standard InChI is InChI=1S/C21H26N4O4/c22-7-15-6-21(12-29-15)10-24(11-21)8-13-2-1-3-14-9-25(20(28)18(13)14)16-4-5-17(26)23-19(16)27/h1-3,15-16H,4-12,22H2,(H,23,26,27). The van der Waals surface area contributed by atoms with Gasteiger partial charge in [-0.25, -0.2) is 0 Å². The van der Waals surface area contributed by atoms with E-state index in [1.54, 1.807) is 4.90 Å². The topological polar surface area (TPSA) is 105 Å². The number of rotatable bonds is 4. The van der Waals surface area contributed by atoms with Crippen LogP contribution in [0.3, 0.4) is 0 Å². The third kappa shape index (κ3) is 3.15. The number of carbonyl (C=O) groups excluding carboxylic acids is 3. The minimum atomic E-state index is -0.573. The number of hydrogen-bond acceptors (Lipinski definition) is 6. The van der Waals surface area contributed by atoms with Crippen LogP contribution in [0.4, 0.5) is 0 Å². The summed E-state index contributed by atoms with van der Waals surface area (Å²) in [6.45, 7) is 4.38. The molecule has 8 heteroatoms. The molecule has 0 saturated carbocycles. The van der Waals surface area contributed by atoms with Gasteiger partial charge in [0.1, 0.15) is 6.04 Å². The van der Waals surface area contributed by atoms with E-state index < -0.39 is 6.04 Å². The van der Waals surface area contributed by atoms with Gasteiger partial charge in [0, 0.05) is 50.1 Å². The molecule has 4 heterocycles. The van der Waals surface area contributed by atoms with Crippen LogP contribution in [-0.4, -0.2) is 65.9 Å². The Hall–Kier alpha value is -2.29. The zero-order chi connectivity index (χ0) is 20.2. The number of carbonyl (C=O) groups is 3. The van der Waals surface area contributed by atoms with E-state index in [9.17, 15) is 14.4 Å². The second-order valence-electron chi connectivity index (χ2n) is 8.87. The summed E-state index contributed by atoms with van der Waals surface area (Å²) in [5.41, 5.74) is 8.63. The number of benzene rings is 1. The minimum Gasteiger partial charge on any atom is -0.376 e. The maximum atomic E-state index is 13.2. The molecular formula is C21H26N4O4. The van der Waals surface area contributed by atoms with Crippen molar-refractivity contribution in [2.45, 2.75) is 44.5 Å². The molecule has 2 unspecified atom stereocenters. The van der Waals surface area contributed by atoms with Crippen molar-refractivity contribution in [3.63, 3.8) is 0 Å². The third-order valence-corrected chi connectivity index (χ3v) is 6.70. The fraction of sp³-hybridized carbons (Fsp3) is 0.571. The van der Waals surface area contributed by atoms with E-state index in [2.05, 4.69) is 10.2 Å². The second-order valence-corrected chi connectivity index (χ2v) is 8.87. The zero-order valence-corrected chi connectivity index (χ0v) is 16.4. The van der Waals surface area contributed by atoms with Crippen LogP contribution in [0, 0.1) is 5.41 Å². The third-order valence-electron chi connectivity index (χ3n) is 6.70. The van der Waals surface area contributed by atoms with E-state index in [0.29, 0.717) is 26.1 Å². The lowest BCUT2D eigenvalue weighted by molar-refractivity contribution is -0.136. The van der Waals surface area contributed by atoms with Crippen LogP contribution >= 0.6 is 0 Å². The zero-order valence-electron chi connectivity index (χ0n) is 16.4. The Morgan fingerprint density at radius 1 is 1.24 bits per heavy atom. The summed E-state index contributed by atoms with van der Waals surface area (Å²) in [6, 6.07) is 5.37. The fourth-order valence-corrected chi connectivity index (χ4v) is 5.34. The molecule has 3 amide bonds. The highest BCUT2D eigenvalue weighted by molar-refractivity contribution is 6.05. The molecule has 8 nitrogen and oxygen atoms in total. The Bertz CT molecular complexity index is 879. The molecule has 2 atom stereocenters. The quantitative estimate of drug-likeness (QED) is 0.692. The molecule has 0 aliphatic carbocycles. The van der Waals surface area contributed by atoms with Crippen molar-refractivity contribution < 1.29 is 19.1 Å². The number of amides is 3. The van der Waals surface area contributed by atoms with Crippen molar-refractivity contribution in [3.05, 3.63) is 34.9 Å². The number of hydrogen-bond donors (Lipinski definition) is 2. The normalized spacial score (nSPS) is 28.6. The summed E-state index contributed by atoms with van der Waals surface area (Å²) in [5, 5.41) is 2.35. The van der Waals surface area contributed by atoms with E-state index in [-0.39, 0.29) is 35.7 Å². The lowest BCUT2D eigenvalue weighted by Gasteiger charge is -2.47. The molecule has 4 aliphatic heterocycles. The van der Waals surface area contributed by atoms with Crippen LogP contribution in [0.2, 0.25) is 0 Å². The van der Waals surface area contributed by atoms with Crippen LogP contribution in [0.5, 0.6) is 0 Å². The molecule has 1 aromatic carbocycles. The van der Waals surface area contributed by atoms with Crippen LogP contribution in [-0.2, 0) is 27.4 Å². The van der Waals surface area contributed by atoms with Gasteiger partial charge < -0.3 is 15.4 Å². The molecule has 5 rings (SSSR count). The smallest absolute Gasteiger partial charge is 0.255 e. The Morgan fingerprint density at radius 2 is 2.07 bits per heavy atom. The average molecular weight is 398 g/mol. The van der Waals surface area contributed by atoms with E-state index in [0.717, 1.165) is 42.8 Å². The first kappa shape index (κ1) is 18.7. The molecule has 3 fully saturated rings. The maximum Gasteiger partial charge on any atom is 0.255 e. The molecule has 0 bridgehead atoms. The van der Waals surface area contributed by atoms with Gasteiger partial charge in [-0.2, -0.15) is 0 Å². The number of likely N-dealkylation sites (tertiary alicyclic amines) is 1. The summed E-state index contributed by atoms with van der Waals surface area (Å²) in [7, 11) is 0. The molecule has 3 saturated heterocycles. The van der Waals surface area contributed by atoms with Crippen molar-refractivity contribution in [2.75, 3.05) is 26.2 Å². The first-order valence-electron chi connectivity index (χ1n) is 10.3. The highest BCUT2D eigenvalue weighted by Gasteiger charge is 2.49. The number of nitrogens with two attached hydrogens (primary N) is 1. The molecular weight excluding hydrogens is 372 g/mol. The molecule has 0 radical (unpaired) electrons. The van der Waals surface area contributed by atoms with E-state index in [4.69, 9.17) is 10.5 Å². The molecule has 4 aliphatic rings. The van der Waals surface area contributed by atoms with Gasteiger partial charge in [-0.15, -0.1) is 0 Å². The monoisotopic (exact) mass is 398 g/mol. The van der Waals surface area contributed by atoms with Gasteiger partial charge in [-0.1, -0.05) is 18.2 Å². The highest BCUT2D eigenvalue weighted by atomic mass is 16.5. The lowest BCUT2D eigenvalue weighted by Crippen LogP contribution is -2.56. The molecule has 1 aromatic rings. The van der Waals surface area contributed by atoms with Crippen LogP contribution in [0.25, 0.3) is 0 Å². The maximum absolute atomic E-state index is 13.2. The van der Waals surface area contributed by atoms with Crippen molar-refractivity contribution in [1.29, 1.82) is 0 Å². The van der Waals surface area contributed by atoms with Crippen LogP contribution < -0.4 is 11.1 Å². The number of piperidine rings is 1. The fourth-order valence-electron chi connectivity index (χ4n) is 5.34. The van der Waals surface area contributed by atoms with E-state index >= 15 is 0 Å². The number of fused-ring (bicyclic) bond motifs is 1. The van der Waals surface area contributed by atoms with Gasteiger partial charge in [0.2, 0.25) is 11.8 Å². The van der Waals surface area contributed by atoms with Crippen molar-refractivity contribution in [1.82, 2.24) is 15.1 Å². The second kappa shape index (κ2) is 6.90. The van der Waals surface area contributed by atoms with Crippen molar-refractivity contribution in [3.8, 4) is 0 Å². The number of nitrogens with zero attached hydrogens (tertiary/aromatic N) is 2. The summed E-state index contributed by atoms with van der Waals surface area (Å²) in [5.74, 6) is -0.743. The Kier molecular flexibility index (Phi) is 4.45. The Morgan fingerprint density at radius 3 is 2.79 bits per heavy atom. The minimum absolute atomic E-state index is 0.104. The molecule has 1 spiro atoms. The number of imide groups is 1. The molecule has 0 aromatic heterocycles. The summed E-state index contributed by atoms with van der Waals surface area (Å²) in [6.07, 6.45) is 1.83. The van der Waals surface area contributed by atoms with E-state index in [1.165, 1.54) is 0 Å². The Labute approximate surface area is 169 Å². The molecule has 29 heavy (non-hydrogen) atoms. The summed E-state index contributed by atoms with van der Waals surface area (Å²) < 4.78 is 5.77. The first-order valence-corrected chi connectivity index (χ1v) is 10.3. The number of nitrogens with one attached hydrogen (secondary N) is 1. The summed E-state index contributed by atoms with van der Waals surface area (Å²) >= 11 is 0. The van der Waals surface area contributed by atoms with Crippen molar-refractivity contribution >= 4 is 17.7 Å². The molecule has 154 valence electrons. The summed E-state index contributed by atoms with van der Waals surface area (Å²) in [4.78, 5) is 40.8. The predicted octanol–water partition coefficient (Wildman–Crippen LogP) is -0.00280. The van der Waals surface area contributed by atoms with Gasteiger partial charge in [-0.05, 0) is 24.0 Å². The Balaban J connectivity index is 1.29. The van der Waals surface area contributed by atoms with Gasteiger partial charge >= 0.3 is 0 Å². The largest absolute Gasteiger partial charge is 0.376 e. The lowest BCUT2D eigenvalue weighted by atomic mass is 9.77. The molecule has 3 N–H and O–H groups in total. The number of ether oxygens (including phenoxy) is 1. The van der Waals surface area contributed by atoms with Crippen molar-refractivity contribution in [2.24, 2.45) is 11.1 Å². The van der Waals surface area contributed by atoms with Gasteiger partial charge in [-0.3, -0.25) is 24.6 Å². The highest BCUT2D eigenvalue weighted by Crippen LogP contribution is 2.42. The van der Waals surface area contributed by atoms with Crippen LogP contribution in [0.1, 0.15) is 40.7 Å². The average Bonchev–Trinajstić information content (AvgIpc) is 3.24. The first-order chi connectivity index (χ1) is 14.0.